The fourth-order valence-corrected chi connectivity index (χ4v) is 3.64. The molecular weight excluding hydrogens is 338 g/mol. The number of benzene rings is 2. The predicted molar refractivity (Wildman–Crippen MR) is 97.8 cm³/mol. The van der Waals surface area contributed by atoms with Crippen LogP contribution in [0.5, 0.6) is 0 Å². The second-order valence-electron chi connectivity index (χ2n) is 5.73. The zero-order chi connectivity index (χ0) is 18.0. The van der Waals surface area contributed by atoms with E-state index in [1.54, 1.807) is 18.2 Å². The van der Waals surface area contributed by atoms with Gasteiger partial charge >= 0.3 is 0 Å². The molecule has 0 aliphatic carbocycles. The van der Waals surface area contributed by atoms with Gasteiger partial charge in [0.05, 0.1) is 15.1 Å². The number of rotatable bonds is 4. The molecule has 0 spiro atoms. The van der Waals surface area contributed by atoms with Gasteiger partial charge in [-0.25, -0.2) is 0 Å². The third-order valence-corrected chi connectivity index (χ3v) is 4.86. The molecule has 3 aromatic rings. The topological polar surface area (TPSA) is 77.5 Å². The van der Waals surface area contributed by atoms with E-state index >= 15 is 0 Å². The van der Waals surface area contributed by atoms with Crippen LogP contribution in [0.2, 0.25) is 0 Å². The van der Waals surface area contributed by atoms with E-state index in [-0.39, 0.29) is 11.6 Å². The van der Waals surface area contributed by atoms with Gasteiger partial charge in [0.15, 0.2) is 4.80 Å². The van der Waals surface area contributed by atoms with Crippen molar-refractivity contribution >= 4 is 33.1 Å². The summed E-state index contributed by atoms with van der Waals surface area (Å²) in [6, 6.07) is 12.0. The van der Waals surface area contributed by atoms with Gasteiger partial charge in [0, 0.05) is 24.2 Å². The average Bonchev–Trinajstić information content (AvgIpc) is 2.92. The predicted octanol–water partition coefficient (Wildman–Crippen LogP) is 4.07. The van der Waals surface area contributed by atoms with E-state index in [0.29, 0.717) is 16.9 Å². The molecular formula is C18H17N3O3S. The molecule has 7 heteroatoms. The Kier molecular flexibility index (Phi) is 4.76. The first-order chi connectivity index (χ1) is 12.0. The number of aromatic nitrogens is 1. The molecule has 25 heavy (non-hydrogen) atoms. The smallest absolute Gasteiger partial charge is 0.279 e. The lowest BCUT2D eigenvalue weighted by Crippen LogP contribution is -2.16. The number of aryl methyl sites for hydroxylation is 2. The number of nitro groups is 1. The number of non-ortho nitro benzene ring substituents is 1. The normalized spacial score (nSPS) is 11.8. The minimum absolute atomic E-state index is 0.0359. The molecule has 0 saturated heterocycles. The molecule has 1 heterocycles. The summed E-state index contributed by atoms with van der Waals surface area (Å²) in [5.74, 6) is -0.314. The van der Waals surface area contributed by atoms with Gasteiger partial charge in [0.25, 0.3) is 11.6 Å². The van der Waals surface area contributed by atoms with Gasteiger partial charge in [0.2, 0.25) is 0 Å². The first kappa shape index (κ1) is 17.0. The largest absolute Gasteiger partial charge is 0.316 e. The number of nitro benzene ring substituents is 1. The SMILES string of the molecule is CCCn1c(=NC(=O)c2ccc(C)cc2)sc2cc([N+](=O)[O-])ccc21. The Morgan fingerprint density at radius 2 is 1.96 bits per heavy atom. The van der Waals surface area contributed by atoms with E-state index in [2.05, 4.69) is 4.99 Å². The average molecular weight is 355 g/mol. The molecule has 0 bridgehead atoms. The number of fused-ring (bicyclic) bond motifs is 1. The van der Waals surface area contributed by atoms with Crippen molar-refractivity contribution in [2.75, 3.05) is 0 Å². The van der Waals surface area contributed by atoms with Crippen molar-refractivity contribution in [2.45, 2.75) is 26.8 Å². The number of carbonyl (C=O) groups excluding carboxylic acids is 1. The summed E-state index contributed by atoms with van der Waals surface area (Å²) in [6.45, 7) is 4.69. The molecule has 0 N–H and O–H groups in total. The van der Waals surface area contributed by atoms with Gasteiger partial charge in [-0.1, -0.05) is 36.0 Å². The highest BCUT2D eigenvalue weighted by Crippen LogP contribution is 2.23. The summed E-state index contributed by atoms with van der Waals surface area (Å²) in [5.41, 5.74) is 2.49. The molecule has 128 valence electrons. The number of hydrogen-bond acceptors (Lipinski definition) is 4. The molecule has 0 aliphatic rings. The van der Waals surface area contributed by atoms with Crippen molar-refractivity contribution in [2.24, 2.45) is 4.99 Å². The fraction of sp³-hybridized carbons (Fsp3) is 0.222. The molecule has 1 aromatic heterocycles. The van der Waals surface area contributed by atoms with E-state index in [9.17, 15) is 14.9 Å². The highest BCUT2D eigenvalue weighted by atomic mass is 32.1. The van der Waals surface area contributed by atoms with Crippen molar-refractivity contribution in [3.05, 3.63) is 68.5 Å². The summed E-state index contributed by atoms with van der Waals surface area (Å²) in [4.78, 5) is 27.8. The minimum atomic E-state index is -0.419. The number of amides is 1. The monoisotopic (exact) mass is 355 g/mol. The molecule has 0 atom stereocenters. The Balaban J connectivity index is 2.13. The zero-order valence-electron chi connectivity index (χ0n) is 13.9. The molecule has 6 nitrogen and oxygen atoms in total. The Morgan fingerprint density at radius 3 is 2.60 bits per heavy atom. The van der Waals surface area contributed by atoms with E-state index in [1.807, 2.05) is 30.5 Å². The lowest BCUT2D eigenvalue weighted by atomic mass is 10.1. The van der Waals surface area contributed by atoms with Gasteiger partial charge in [-0.2, -0.15) is 4.99 Å². The first-order valence-corrected chi connectivity index (χ1v) is 8.74. The zero-order valence-corrected chi connectivity index (χ0v) is 14.7. The maximum atomic E-state index is 12.5. The summed E-state index contributed by atoms with van der Waals surface area (Å²) in [7, 11) is 0. The van der Waals surface area contributed by atoms with Crippen LogP contribution in [0.1, 0.15) is 29.3 Å². The molecule has 2 aromatic carbocycles. The molecule has 0 saturated carbocycles. The van der Waals surface area contributed by atoms with Crippen molar-refractivity contribution in [1.29, 1.82) is 0 Å². The van der Waals surface area contributed by atoms with Crippen LogP contribution in [0.25, 0.3) is 10.2 Å². The fourth-order valence-electron chi connectivity index (χ4n) is 2.55. The van der Waals surface area contributed by atoms with Gasteiger partial charge in [0.1, 0.15) is 0 Å². The maximum Gasteiger partial charge on any atom is 0.279 e. The second-order valence-corrected chi connectivity index (χ2v) is 6.74. The molecule has 0 aliphatic heterocycles. The lowest BCUT2D eigenvalue weighted by molar-refractivity contribution is -0.384. The highest BCUT2D eigenvalue weighted by Gasteiger charge is 2.12. The van der Waals surface area contributed by atoms with Gasteiger partial charge in [-0.05, 0) is 31.5 Å². The third kappa shape index (κ3) is 3.51. The maximum absolute atomic E-state index is 12.5. The minimum Gasteiger partial charge on any atom is -0.316 e. The van der Waals surface area contributed by atoms with Gasteiger partial charge in [-0.3, -0.25) is 14.9 Å². The third-order valence-electron chi connectivity index (χ3n) is 3.82. The van der Waals surface area contributed by atoms with Crippen molar-refractivity contribution < 1.29 is 9.72 Å². The van der Waals surface area contributed by atoms with Crippen LogP contribution in [-0.2, 0) is 6.54 Å². The molecule has 0 radical (unpaired) electrons. The first-order valence-electron chi connectivity index (χ1n) is 7.93. The van der Waals surface area contributed by atoms with Gasteiger partial charge < -0.3 is 4.57 Å². The highest BCUT2D eigenvalue weighted by molar-refractivity contribution is 7.16. The van der Waals surface area contributed by atoms with Crippen molar-refractivity contribution in [1.82, 2.24) is 4.57 Å². The van der Waals surface area contributed by atoms with Crippen LogP contribution in [0.4, 0.5) is 5.69 Å². The van der Waals surface area contributed by atoms with Crippen LogP contribution < -0.4 is 4.80 Å². The van der Waals surface area contributed by atoms with E-state index in [0.717, 1.165) is 22.2 Å². The number of hydrogen-bond donors (Lipinski definition) is 0. The Hall–Kier alpha value is -2.80. The summed E-state index contributed by atoms with van der Waals surface area (Å²) in [5, 5.41) is 11.0. The Labute approximate surface area is 148 Å². The number of nitrogens with zero attached hydrogens (tertiary/aromatic N) is 3. The molecule has 1 amide bonds. The van der Waals surface area contributed by atoms with Crippen LogP contribution >= 0.6 is 11.3 Å². The Morgan fingerprint density at radius 1 is 1.24 bits per heavy atom. The van der Waals surface area contributed by atoms with Crippen LogP contribution in [0.3, 0.4) is 0 Å². The molecule has 0 unspecified atom stereocenters. The molecule has 0 fully saturated rings. The lowest BCUT2D eigenvalue weighted by Gasteiger charge is -2.02. The quantitative estimate of drug-likeness (QED) is 0.523. The number of thiazole rings is 1. The summed E-state index contributed by atoms with van der Waals surface area (Å²) in [6.07, 6.45) is 0.870. The van der Waals surface area contributed by atoms with Crippen molar-refractivity contribution in [3.63, 3.8) is 0 Å². The standard InChI is InChI=1S/C18H17N3O3S/c1-3-10-20-15-9-8-14(21(23)24)11-16(15)25-18(20)19-17(22)13-6-4-12(2)5-7-13/h4-9,11H,3,10H2,1-2H3. The molecule has 3 rings (SSSR count). The van der Waals surface area contributed by atoms with Crippen LogP contribution in [-0.4, -0.2) is 15.4 Å². The van der Waals surface area contributed by atoms with Crippen LogP contribution in [0.15, 0.2) is 47.5 Å². The number of carbonyl (C=O) groups is 1. The van der Waals surface area contributed by atoms with E-state index in [4.69, 9.17) is 0 Å². The summed E-state index contributed by atoms with van der Waals surface area (Å²) >= 11 is 1.29. The van der Waals surface area contributed by atoms with E-state index < -0.39 is 4.92 Å². The van der Waals surface area contributed by atoms with E-state index in [1.165, 1.54) is 23.5 Å². The Bertz CT molecular complexity index is 1020. The second kappa shape index (κ2) is 6.98. The summed E-state index contributed by atoms with van der Waals surface area (Å²) < 4.78 is 2.69. The van der Waals surface area contributed by atoms with Gasteiger partial charge in [-0.15, -0.1) is 0 Å². The van der Waals surface area contributed by atoms with Crippen molar-refractivity contribution in [3.8, 4) is 0 Å². The van der Waals surface area contributed by atoms with Crippen LogP contribution in [0, 0.1) is 17.0 Å².